The number of nitrogens with one attached hydrogen (secondary N) is 1. The number of benzene rings is 1. The van der Waals surface area contributed by atoms with Crippen molar-refractivity contribution in [2.75, 3.05) is 6.61 Å². The first-order chi connectivity index (χ1) is 10.6. The van der Waals surface area contributed by atoms with Gasteiger partial charge in [0.2, 0.25) is 0 Å². The number of carbonyl (C=O) groups is 2. The fourth-order valence-electron chi connectivity index (χ4n) is 2.53. The molecular formula is C17H23NO4. The smallest absolute Gasteiger partial charge is 0.344 e. The van der Waals surface area contributed by atoms with E-state index >= 15 is 0 Å². The quantitative estimate of drug-likeness (QED) is 0.820. The van der Waals surface area contributed by atoms with Crippen LogP contribution in [0, 0.1) is 6.92 Å². The molecule has 0 aliphatic heterocycles. The predicted octanol–water partition coefficient (Wildman–Crippen LogP) is 2.36. The third-order valence-corrected chi connectivity index (χ3v) is 3.82. The molecule has 1 N–H and O–H groups in total. The Morgan fingerprint density at radius 3 is 2.64 bits per heavy atom. The topological polar surface area (TPSA) is 64.6 Å². The van der Waals surface area contributed by atoms with Crippen molar-refractivity contribution >= 4 is 11.9 Å². The summed E-state index contributed by atoms with van der Waals surface area (Å²) in [4.78, 5) is 23.7. The Morgan fingerprint density at radius 1 is 1.27 bits per heavy atom. The van der Waals surface area contributed by atoms with Crippen LogP contribution < -0.4 is 10.1 Å². The van der Waals surface area contributed by atoms with Gasteiger partial charge in [0.15, 0.2) is 12.7 Å². The molecule has 0 saturated heterocycles. The number of carbonyl (C=O) groups excluding carboxylic acids is 2. The summed E-state index contributed by atoms with van der Waals surface area (Å²) in [5.41, 5.74) is 0.947. The molecule has 0 unspecified atom stereocenters. The molecule has 5 nitrogen and oxygen atoms in total. The van der Waals surface area contributed by atoms with Crippen molar-refractivity contribution in [1.29, 1.82) is 0 Å². The van der Waals surface area contributed by atoms with Crippen LogP contribution in [-0.4, -0.2) is 30.6 Å². The highest BCUT2D eigenvalue weighted by molar-refractivity contribution is 5.83. The van der Waals surface area contributed by atoms with E-state index in [0.717, 1.165) is 31.2 Å². The van der Waals surface area contributed by atoms with Gasteiger partial charge in [0, 0.05) is 6.04 Å². The average Bonchev–Trinajstić information content (AvgIpc) is 2.99. The van der Waals surface area contributed by atoms with Gasteiger partial charge in [-0.25, -0.2) is 4.79 Å². The van der Waals surface area contributed by atoms with Crippen molar-refractivity contribution in [3.8, 4) is 5.75 Å². The van der Waals surface area contributed by atoms with Gasteiger partial charge in [0.1, 0.15) is 5.75 Å². The Balaban J connectivity index is 1.73. The van der Waals surface area contributed by atoms with Crippen LogP contribution in [0.5, 0.6) is 5.75 Å². The number of para-hydroxylation sites is 1. The van der Waals surface area contributed by atoms with Gasteiger partial charge in [-0.05, 0) is 38.3 Å². The Bertz CT molecular complexity index is 523. The van der Waals surface area contributed by atoms with Crippen molar-refractivity contribution in [3.63, 3.8) is 0 Å². The summed E-state index contributed by atoms with van der Waals surface area (Å²) in [7, 11) is 0. The van der Waals surface area contributed by atoms with Gasteiger partial charge in [-0.1, -0.05) is 31.0 Å². The zero-order chi connectivity index (χ0) is 15.9. The standard InChI is InChI=1S/C17H23NO4/c1-12-7-3-6-10-15(12)21-11-16(19)22-13(2)17(20)18-14-8-4-5-9-14/h3,6-7,10,13-14H,4-5,8-9,11H2,1-2H3,(H,18,20)/t13-/m1/s1. The van der Waals surface area contributed by atoms with Crippen LogP contribution >= 0.6 is 0 Å². The number of ether oxygens (including phenoxy) is 2. The Kier molecular flexibility index (Phi) is 5.81. The Labute approximate surface area is 131 Å². The highest BCUT2D eigenvalue weighted by Gasteiger charge is 2.23. The molecule has 0 aromatic heterocycles. The number of hydrogen-bond acceptors (Lipinski definition) is 4. The first kappa shape index (κ1) is 16.3. The Hall–Kier alpha value is -2.04. The third kappa shape index (κ3) is 4.76. The van der Waals surface area contributed by atoms with E-state index in [2.05, 4.69) is 5.32 Å². The minimum atomic E-state index is -0.798. The van der Waals surface area contributed by atoms with Crippen molar-refractivity contribution in [3.05, 3.63) is 29.8 Å². The molecule has 1 aromatic carbocycles. The van der Waals surface area contributed by atoms with Crippen LogP contribution in [0.3, 0.4) is 0 Å². The summed E-state index contributed by atoms with van der Waals surface area (Å²) < 4.78 is 10.5. The van der Waals surface area contributed by atoms with Crippen LogP contribution in [0.1, 0.15) is 38.2 Å². The summed E-state index contributed by atoms with van der Waals surface area (Å²) in [6, 6.07) is 7.65. The van der Waals surface area contributed by atoms with Crippen molar-refractivity contribution in [2.45, 2.75) is 51.7 Å². The van der Waals surface area contributed by atoms with E-state index < -0.39 is 12.1 Å². The lowest BCUT2D eigenvalue weighted by atomic mass is 10.2. The predicted molar refractivity (Wildman–Crippen MR) is 82.6 cm³/mol. The summed E-state index contributed by atoms with van der Waals surface area (Å²) >= 11 is 0. The van der Waals surface area contributed by atoms with E-state index in [9.17, 15) is 9.59 Å². The molecule has 1 aliphatic carbocycles. The molecule has 1 atom stereocenters. The van der Waals surface area contributed by atoms with Crippen LogP contribution in [0.4, 0.5) is 0 Å². The Morgan fingerprint density at radius 2 is 1.95 bits per heavy atom. The van der Waals surface area contributed by atoms with Crippen molar-refractivity contribution < 1.29 is 19.1 Å². The fraction of sp³-hybridized carbons (Fsp3) is 0.529. The molecule has 1 fully saturated rings. The van der Waals surface area contributed by atoms with Gasteiger partial charge in [0.05, 0.1) is 0 Å². The molecule has 120 valence electrons. The molecule has 0 radical (unpaired) electrons. The maximum absolute atomic E-state index is 11.9. The van der Waals surface area contributed by atoms with Crippen LogP contribution in [0.25, 0.3) is 0 Å². The molecule has 1 amide bonds. The van der Waals surface area contributed by atoms with Gasteiger partial charge >= 0.3 is 5.97 Å². The molecule has 0 heterocycles. The number of amides is 1. The average molecular weight is 305 g/mol. The maximum atomic E-state index is 11.9. The van der Waals surface area contributed by atoms with Crippen LogP contribution in [-0.2, 0) is 14.3 Å². The molecule has 1 aliphatic rings. The van der Waals surface area contributed by atoms with E-state index in [1.165, 1.54) is 0 Å². The van der Waals surface area contributed by atoms with E-state index in [4.69, 9.17) is 9.47 Å². The molecule has 5 heteroatoms. The third-order valence-electron chi connectivity index (χ3n) is 3.82. The second-order valence-electron chi connectivity index (χ2n) is 5.68. The lowest BCUT2D eigenvalue weighted by molar-refractivity contribution is -0.156. The lowest BCUT2D eigenvalue weighted by Gasteiger charge is -2.17. The van der Waals surface area contributed by atoms with Gasteiger partial charge in [-0.15, -0.1) is 0 Å². The van der Waals surface area contributed by atoms with Gasteiger partial charge in [-0.2, -0.15) is 0 Å². The SMILES string of the molecule is Cc1ccccc1OCC(=O)O[C@H](C)C(=O)NC1CCCC1. The van der Waals surface area contributed by atoms with Crippen molar-refractivity contribution in [1.82, 2.24) is 5.32 Å². The van der Waals surface area contributed by atoms with Crippen molar-refractivity contribution in [2.24, 2.45) is 0 Å². The van der Waals surface area contributed by atoms with Gasteiger partial charge in [0.25, 0.3) is 5.91 Å². The summed E-state index contributed by atoms with van der Waals surface area (Å²) in [5.74, 6) is -0.143. The van der Waals surface area contributed by atoms with Gasteiger partial charge < -0.3 is 14.8 Å². The molecule has 1 saturated carbocycles. The summed E-state index contributed by atoms with van der Waals surface area (Å²) in [6.07, 6.45) is 3.49. The number of rotatable bonds is 6. The lowest BCUT2D eigenvalue weighted by Crippen LogP contribution is -2.41. The van der Waals surface area contributed by atoms with E-state index in [1.807, 2.05) is 25.1 Å². The van der Waals surface area contributed by atoms with E-state index in [0.29, 0.717) is 5.75 Å². The fourth-order valence-corrected chi connectivity index (χ4v) is 2.53. The number of aryl methyl sites for hydroxylation is 1. The zero-order valence-corrected chi connectivity index (χ0v) is 13.1. The number of hydrogen-bond donors (Lipinski definition) is 1. The molecule has 22 heavy (non-hydrogen) atoms. The van der Waals surface area contributed by atoms with Crippen LogP contribution in [0.15, 0.2) is 24.3 Å². The summed E-state index contributed by atoms with van der Waals surface area (Å²) in [5, 5.41) is 2.91. The zero-order valence-electron chi connectivity index (χ0n) is 13.1. The minimum Gasteiger partial charge on any atom is -0.482 e. The monoisotopic (exact) mass is 305 g/mol. The molecule has 0 bridgehead atoms. The first-order valence-corrected chi connectivity index (χ1v) is 7.74. The molecule has 0 spiro atoms. The minimum absolute atomic E-state index is 0.202. The normalized spacial score (nSPS) is 16.1. The molecular weight excluding hydrogens is 282 g/mol. The molecule has 2 rings (SSSR count). The van der Waals surface area contributed by atoms with Crippen LogP contribution in [0.2, 0.25) is 0 Å². The summed E-state index contributed by atoms with van der Waals surface area (Å²) in [6.45, 7) is 3.28. The highest BCUT2D eigenvalue weighted by Crippen LogP contribution is 2.18. The molecule has 1 aromatic rings. The second-order valence-corrected chi connectivity index (χ2v) is 5.68. The van der Waals surface area contributed by atoms with Gasteiger partial charge in [-0.3, -0.25) is 4.79 Å². The first-order valence-electron chi connectivity index (χ1n) is 7.74. The number of esters is 1. The second kappa shape index (κ2) is 7.82. The van der Waals surface area contributed by atoms with E-state index in [-0.39, 0.29) is 18.6 Å². The largest absolute Gasteiger partial charge is 0.482 e. The highest BCUT2D eigenvalue weighted by atomic mass is 16.6. The maximum Gasteiger partial charge on any atom is 0.344 e. The van der Waals surface area contributed by atoms with E-state index in [1.54, 1.807) is 13.0 Å².